The van der Waals surface area contributed by atoms with Gasteiger partial charge >= 0.3 is 0 Å². The maximum atomic E-state index is 12.7. The Kier molecular flexibility index (Phi) is 5.02. The molecule has 3 aromatic heterocycles. The lowest BCUT2D eigenvalue weighted by Gasteiger charge is -2.20. The number of benzene rings is 1. The number of aryl methyl sites for hydroxylation is 1. The van der Waals surface area contributed by atoms with Gasteiger partial charge in [0.05, 0.1) is 11.2 Å². The molecule has 4 aromatic rings. The van der Waals surface area contributed by atoms with E-state index in [4.69, 9.17) is 0 Å². The quantitative estimate of drug-likeness (QED) is 0.526. The van der Waals surface area contributed by atoms with E-state index in [0.29, 0.717) is 17.4 Å². The lowest BCUT2D eigenvalue weighted by Crippen LogP contribution is -2.26. The van der Waals surface area contributed by atoms with Crippen LogP contribution in [-0.4, -0.2) is 38.7 Å². The molecule has 4 heterocycles. The highest BCUT2D eigenvalue weighted by Gasteiger charge is 2.20. The second-order valence-corrected chi connectivity index (χ2v) is 8.47. The second kappa shape index (κ2) is 7.97. The molecule has 1 fully saturated rings. The van der Waals surface area contributed by atoms with E-state index in [9.17, 15) is 4.79 Å². The summed E-state index contributed by atoms with van der Waals surface area (Å²) >= 11 is 1.57. The fourth-order valence-corrected chi connectivity index (χ4v) is 4.76. The van der Waals surface area contributed by atoms with Crippen molar-refractivity contribution in [3.05, 3.63) is 58.9 Å². The third-order valence-electron chi connectivity index (χ3n) is 5.44. The Balaban J connectivity index is 1.35. The molecule has 7 nitrogen and oxygen atoms in total. The first-order chi connectivity index (χ1) is 14.7. The van der Waals surface area contributed by atoms with Gasteiger partial charge in [-0.3, -0.25) is 9.48 Å². The molecule has 1 aliphatic rings. The molecular formula is C22H22N6OS. The zero-order valence-corrected chi connectivity index (χ0v) is 17.4. The van der Waals surface area contributed by atoms with Gasteiger partial charge < -0.3 is 10.6 Å². The average molecular weight is 419 g/mol. The van der Waals surface area contributed by atoms with Gasteiger partial charge in [-0.05, 0) is 49.0 Å². The van der Waals surface area contributed by atoms with Gasteiger partial charge in [-0.2, -0.15) is 5.10 Å². The molecule has 1 saturated heterocycles. The number of carbonyl (C=O) groups is 1. The number of carbonyl (C=O) groups excluding carboxylic acids is 1. The van der Waals surface area contributed by atoms with Crippen molar-refractivity contribution in [2.24, 2.45) is 7.05 Å². The monoisotopic (exact) mass is 418 g/mol. The fraction of sp³-hybridized carbons (Fsp3) is 0.273. The highest BCUT2D eigenvalue weighted by molar-refractivity contribution is 7.10. The normalized spacial score (nSPS) is 14.8. The molecule has 1 aliphatic heterocycles. The molecule has 1 amide bonds. The van der Waals surface area contributed by atoms with Crippen molar-refractivity contribution in [3.63, 3.8) is 0 Å². The number of nitrogens with zero attached hydrogens (tertiary/aromatic N) is 4. The number of anilines is 1. The third kappa shape index (κ3) is 3.83. The first kappa shape index (κ1) is 18.9. The molecule has 2 N–H and O–H groups in total. The van der Waals surface area contributed by atoms with Crippen molar-refractivity contribution in [1.82, 2.24) is 25.1 Å². The van der Waals surface area contributed by atoms with Crippen LogP contribution >= 0.6 is 11.3 Å². The van der Waals surface area contributed by atoms with Crippen LogP contribution in [0.2, 0.25) is 0 Å². The van der Waals surface area contributed by atoms with E-state index in [-0.39, 0.29) is 5.91 Å². The highest BCUT2D eigenvalue weighted by Crippen LogP contribution is 2.28. The largest absolute Gasteiger partial charge is 0.317 e. The highest BCUT2D eigenvalue weighted by atomic mass is 32.1. The molecule has 1 aromatic carbocycles. The van der Waals surface area contributed by atoms with Gasteiger partial charge in [0.1, 0.15) is 11.5 Å². The molecule has 0 unspecified atom stereocenters. The van der Waals surface area contributed by atoms with Gasteiger partial charge in [-0.1, -0.05) is 12.1 Å². The van der Waals surface area contributed by atoms with Crippen LogP contribution < -0.4 is 10.6 Å². The summed E-state index contributed by atoms with van der Waals surface area (Å²) in [4.78, 5) is 21.7. The minimum atomic E-state index is -0.221. The summed E-state index contributed by atoms with van der Waals surface area (Å²) in [7, 11) is 1.90. The van der Waals surface area contributed by atoms with Crippen molar-refractivity contribution < 1.29 is 4.79 Å². The summed E-state index contributed by atoms with van der Waals surface area (Å²) < 4.78 is 1.78. The van der Waals surface area contributed by atoms with E-state index in [1.54, 1.807) is 22.2 Å². The van der Waals surface area contributed by atoms with Gasteiger partial charge in [-0.15, -0.1) is 11.3 Å². The van der Waals surface area contributed by atoms with E-state index in [2.05, 4.69) is 37.8 Å². The van der Waals surface area contributed by atoms with E-state index in [0.717, 1.165) is 52.8 Å². The standard InChI is InChI=1S/C22H22N6OS/c1-28-12-18(11-25-28)15-2-3-16-10-24-20(9-17(16)8-15)27-21(29)19-13-30-22(26-19)14-4-6-23-7-5-14/h2-3,8-14,23H,4-7H2,1H3,(H,24,27,29). The van der Waals surface area contributed by atoms with Crippen LogP contribution in [-0.2, 0) is 7.05 Å². The topological polar surface area (TPSA) is 84.7 Å². The van der Waals surface area contributed by atoms with Crippen molar-refractivity contribution in [1.29, 1.82) is 0 Å². The Morgan fingerprint density at radius 2 is 2.03 bits per heavy atom. The van der Waals surface area contributed by atoms with Crippen LogP contribution in [0.1, 0.15) is 34.3 Å². The molecule has 0 atom stereocenters. The van der Waals surface area contributed by atoms with Crippen LogP contribution in [0.3, 0.4) is 0 Å². The average Bonchev–Trinajstić information content (AvgIpc) is 3.43. The lowest BCUT2D eigenvalue weighted by atomic mass is 9.99. The molecule has 8 heteroatoms. The van der Waals surface area contributed by atoms with E-state index in [1.165, 1.54) is 0 Å². The molecule has 5 rings (SSSR count). The maximum Gasteiger partial charge on any atom is 0.276 e. The fourth-order valence-electron chi connectivity index (χ4n) is 3.79. The van der Waals surface area contributed by atoms with Crippen LogP contribution in [0.5, 0.6) is 0 Å². The number of rotatable bonds is 4. The Labute approximate surface area is 178 Å². The molecule has 152 valence electrons. The Hall–Kier alpha value is -3.10. The summed E-state index contributed by atoms with van der Waals surface area (Å²) in [6.45, 7) is 2.02. The first-order valence-corrected chi connectivity index (χ1v) is 10.9. The molecule has 30 heavy (non-hydrogen) atoms. The molecule has 0 bridgehead atoms. The number of amides is 1. The number of nitrogens with one attached hydrogen (secondary N) is 2. The molecule has 0 saturated carbocycles. The number of hydrogen-bond acceptors (Lipinski definition) is 6. The van der Waals surface area contributed by atoms with Gasteiger partial charge in [0.25, 0.3) is 5.91 Å². The zero-order chi connectivity index (χ0) is 20.5. The van der Waals surface area contributed by atoms with Gasteiger partial charge in [0, 0.05) is 41.7 Å². The SMILES string of the molecule is Cn1cc(-c2ccc3cnc(NC(=O)c4csc(C5CCNCC5)n4)cc3c2)cn1. The number of aromatic nitrogens is 4. The number of pyridine rings is 1. The lowest BCUT2D eigenvalue weighted by molar-refractivity contribution is 0.102. The third-order valence-corrected chi connectivity index (χ3v) is 6.45. The minimum Gasteiger partial charge on any atom is -0.317 e. The summed E-state index contributed by atoms with van der Waals surface area (Å²) in [5.41, 5.74) is 2.58. The summed E-state index contributed by atoms with van der Waals surface area (Å²) in [5, 5.41) is 15.4. The number of piperidine rings is 1. The van der Waals surface area contributed by atoms with E-state index < -0.39 is 0 Å². The summed E-state index contributed by atoms with van der Waals surface area (Å²) in [6.07, 6.45) is 7.74. The van der Waals surface area contributed by atoms with Gasteiger partial charge in [0.2, 0.25) is 0 Å². The zero-order valence-electron chi connectivity index (χ0n) is 16.6. The number of thiazole rings is 1. The minimum absolute atomic E-state index is 0.221. The summed E-state index contributed by atoms with van der Waals surface area (Å²) in [5.74, 6) is 0.747. The maximum absolute atomic E-state index is 12.7. The van der Waals surface area contributed by atoms with Crippen LogP contribution in [0.15, 0.2) is 48.2 Å². The Morgan fingerprint density at radius 3 is 2.83 bits per heavy atom. The first-order valence-electron chi connectivity index (χ1n) is 10.0. The smallest absolute Gasteiger partial charge is 0.276 e. The number of hydrogen-bond donors (Lipinski definition) is 2. The number of fused-ring (bicyclic) bond motifs is 1. The van der Waals surface area contributed by atoms with Crippen LogP contribution in [0.25, 0.3) is 21.9 Å². The summed E-state index contributed by atoms with van der Waals surface area (Å²) in [6, 6.07) is 8.06. The van der Waals surface area contributed by atoms with Crippen molar-refractivity contribution >= 4 is 33.8 Å². The van der Waals surface area contributed by atoms with E-state index in [1.807, 2.05) is 37.0 Å². The predicted molar refractivity (Wildman–Crippen MR) is 119 cm³/mol. The molecule has 0 radical (unpaired) electrons. The van der Waals surface area contributed by atoms with Crippen LogP contribution in [0, 0.1) is 0 Å². The van der Waals surface area contributed by atoms with Crippen molar-refractivity contribution in [3.8, 4) is 11.1 Å². The molecular weight excluding hydrogens is 396 g/mol. The predicted octanol–water partition coefficient (Wildman–Crippen LogP) is 3.81. The Morgan fingerprint density at radius 1 is 1.17 bits per heavy atom. The van der Waals surface area contributed by atoms with E-state index >= 15 is 0 Å². The van der Waals surface area contributed by atoms with Crippen molar-refractivity contribution in [2.75, 3.05) is 18.4 Å². The molecule has 0 spiro atoms. The van der Waals surface area contributed by atoms with Crippen molar-refractivity contribution in [2.45, 2.75) is 18.8 Å². The Bertz CT molecular complexity index is 1210. The molecule has 0 aliphatic carbocycles. The van der Waals surface area contributed by atoms with Crippen LogP contribution in [0.4, 0.5) is 5.82 Å². The van der Waals surface area contributed by atoms with Gasteiger partial charge in [-0.25, -0.2) is 9.97 Å². The second-order valence-electron chi connectivity index (χ2n) is 7.58. The van der Waals surface area contributed by atoms with Gasteiger partial charge in [0.15, 0.2) is 0 Å².